The molecule has 2 aromatic carbocycles. The van der Waals surface area contributed by atoms with Crippen LogP contribution in [-0.2, 0) is 11.3 Å². The molecular weight excluding hydrogens is 393 g/mol. The number of carbonyl (C=O) groups excluding carboxylic acids is 1. The van der Waals surface area contributed by atoms with Crippen molar-refractivity contribution >= 4 is 11.6 Å². The van der Waals surface area contributed by atoms with Crippen LogP contribution >= 0.6 is 0 Å². The molecular formula is C25H32FN3O2. The number of likely N-dealkylation sites (tertiary alicyclic amines) is 2. The van der Waals surface area contributed by atoms with E-state index in [-0.39, 0.29) is 17.6 Å². The lowest BCUT2D eigenvalue weighted by Crippen LogP contribution is -2.41. The number of rotatable bonds is 6. The van der Waals surface area contributed by atoms with Crippen LogP contribution in [-0.4, -0.2) is 55.5 Å². The molecule has 166 valence electrons. The molecule has 1 N–H and O–H groups in total. The number of nitrogens with one attached hydrogen (secondary N) is 1. The first-order chi connectivity index (χ1) is 15.0. The Labute approximate surface area is 184 Å². The van der Waals surface area contributed by atoms with Crippen molar-refractivity contribution in [3.63, 3.8) is 0 Å². The molecule has 5 nitrogen and oxygen atoms in total. The van der Waals surface area contributed by atoms with Gasteiger partial charge in [-0.25, -0.2) is 4.39 Å². The van der Waals surface area contributed by atoms with Crippen LogP contribution in [0.3, 0.4) is 0 Å². The molecule has 0 bridgehead atoms. The Kier molecular flexibility index (Phi) is 6.88. The summed E-state index contributed by atoms with van der Waals surface area (Å²) in [5, 5.41) is 2.95. The van der Waals surface area contributed by atoms with Crippen LogP contribution in [0.1, 0.15) is 24.8 Å². The largest absolute Gasteiger partial charge is 0.497 e. The van der Waals surface area contributed by atoms with Gasteiger partial charge in [-0.1, -0.05) is 12.1 Å². The second kappa shape index (κ2) is 9.79. The first-order valence-corrected chi connectivity index (χ1v) is 11.1. The molecule has 0 aliphatic carbocycles. The van der Waals surface area contributed by atoms with Crippen LogP contribution in [0.25, 0.3) is 0 Å². The molecule has 1 amide bonds. The number of hydrogen-bond acceptors (Lipinski definition) is 4. The van der Waals surface area contributed by atoms with Crippen LogP contribution in [0.2, 0.25) is 0 Å². The molecule has 4 rings (SSSR count). The van der Waals surface area contributed by atoms with Gasteiger partial charge in [0.25, 0.3) is 0 Å². The van der Waals surface area contributed by atoms with E-state index >= 15 is 0 Å². The van der Waals surface area contributed by atoms with Crippen molar-refractivity contribution < 1.29 is 13.9 Å². The Balaban J connectivity index is 1.27. The monoisotopic (exact) mass is 425 g/mol. The second-order valence-electron chi connectivity index (χ2n) is 8.90. The van der Waals surface area contributed by atoms with Gasteiger partial charge in [0.1, 0.15) is 11.6 Å². The number of benzene rings is 2. The number of nitrogens with zero attached hydrogens (tertiary/aromatic N) is 2. The summed E-state index contributed by atoms with van der Waals surface area (Å²) in [4.78, 5) is 17.6. The number of halogens is 1. The van der Waals surface area contributed by atoms with Gasteiger partial charge < -0.3 is 15.0 Å². The third-order valence-electron chi connectivity index (χ3n) is 6.80. The fraction of sp³-hybridized carbons (Fsp3) is 0.480. The van der Waals surface area contributed by atoms with E-state index in [0.29, 0.717) is 17.6 Å². The first kappa shape index (κ1) is 21.8. The molecule has 2 aliphatic rings. The zero-order valence-electron chi connectivity index (χ0n) is 18.4. The molecule has 0 saturated carbocycles. The van der Waals surface area contributed by atoms with Crippen LogP contribution in [0.4, 0.5) is 10.1 Å². The smallest absolute Gasteiger partial charge is 0.228 e. The number of hydrogen-bond donors (Lipinski definition) is 1. The lowest BCUT2D eigenvalue weighted by Gasteiger charge is -2.37. The Morgan fingerprint density at radius 3 is 2.61 bits per heavy atom. The van der Waals surface area contributed by atoms with Crippen molar-refractivity contribution in [2.75, 3.05) is 39.1 Å². The van der Waals surface area contributed by atoms with Crippen molar-refractivity contribution in [1.82, 2.24) is 9.80 Å². The van der Waals surface area contributed by atoms with E-state index in [1.54, 1.807) is 19.2 Å². The van der Waals surface area contributed by atoms with E-state index in [2.05, 4.69) is 34.3 Å². The summed E-state index contributed by atoms with van der Waals surface area (Å²) in [5.41, 5.74) is 1.94. The maximum atomic E-state index is 13.1. The summed E-state index contributed by atoms with van der Waals surface area (Å²) in [7, 11) is 3.84. The topological polar surface area (TPSA) is 44.8 Å². The molecule has 0 aromatic heterocycles. The summed E-state index contributed by atoms with van der Waals surface area (Å²) in [6.07, 6.45) is 3.21. The van der Waals surface area contributed by atoms with Crippen molar-refractivity contribution in [2.24, 2.45) is 11.8 Å². The SMILES string of the molecule is COc1cccc(CN2CCC(C3CC(C(=O)Nc4ccc(F)cc4)CN3C)CC2)c1. The summed E-state index contributed by atoms with van der Waals surface area (Å²) < 4.78 is 18.4. The molecule has 2 unspecified atom stereocenters. The summed E-state index contributed by atoms with van der Waals surface area (Å²) >= 11 is 0. The Hall–Kier alpha value is -2.44. The highest BCUT2D eigenvalue weighted by molar-refractivity contribution is 5.92. The lowest BCUT2D eigenvalue weighted by molar-refractivity contribution is -0.119. The number of carbonyl (C=O) groups is 1. The molecule has 6 heteroatoms. The van der Waals surface area contributed by atoms with Crippen molar-refractivity contribution in [3.8, 4) is 5.75 Å². The van der Waals surface area contributed by atoms with Gasteiger partial charge in [0, 0.05) is 24.8 Å². The Morgan fingerprint density at radius 1 is 1.16 bits per heavy atom. The number of ether oxygens (including phenoxy) is 1. The predicted molar refractivity (Wildman–Crippen MR) is 121 cm³/mol. The maximum absolute atomic E-state index is 13.1. The predicted octanol–water partition coefficient (Wildman–Crippen LogP) is 4.01. The minimum Gasteiger partial charge on any atom is -0.497 e. The van der Waals surface area contributed by atoms with Crippen molar-refractivity contribution in [1.29, 1.82) is 0 Å². The summed E-state index contributed by atoms with van der Waals surface area (Å²) in [6.45, 7) is 3.90. The molecule has 31 heavy (non-hydrogen) atoms. The molecule has 2 aliphatic heterocycles. The molecule has 2 heterocycles. The second-order valence-corrected chi connectivity index (χ2v) is 8.90. The highest BCUT2D eigenvalue weighted by Crippen LogP contribution is 2.34. The number of amides is 1. The van der Waals surface area contributed by atoms with Crippen molar-refractivity contribution in [3.05, 3.63) is 59.9 Å². The van der Waals surface area contributed by atoms with E-state index in [0.717, 1.165) is 51.2 Å². The quantitative estimate of drug-likeness (QED) is 0.760. The van der Waals surface area contributed by atoms with Gasteiger partial charge in [-0.05, 0) is 87.3 Å². The zero-order valence-corrected chi connectivity index (χ0v) is 18.4. The van der Waals surface area contributed by atoms with Gasteiger partial charge in [0.05, 0.1) is 13.0 Å². The standard InChI is InChI=1S/C25H32FN3O2/c1-28-17-20(25(30)27-22-8-6-21(26)7-9-22)15-24(28)19-10-12-29(13-11-19)16-18-4-3-5-23(14-18)31-2/h3-9,14,19-20,24H,10-13,15-17H2,1-2H3,(H,27,30). The molecule has 2 fully saturated rings. The molecule has 0 spiro atoms. The molecule has 2 aromatic rings. The fourth-order valence-corrected chi connectivity index (χ4v) is 5.07. The lowest BCUT2D eigenvalue weighted by atomic mass is 9.86. The molecule has 2 atom stereocenters. The van der Waals surface area contributed by atoms with E-state index in [4.69, 9.17) is 4.74 Å². The maximum Gasteiger partial charge on any atom is 0.228 e. The van der Waals surface area contributed by atoms with Gasteiger partial charge >= 0.3 is 0 Å². The molecule has 2 saturated heterocycles. The number of anilines is 1. The summed E-state index contributed by atoms with van der Waals surface area (Å²) in [6, 6.07) is 14.7. The van der Waals surface area contributed by atoms with Gasteiger partial charge in [-0.2, -0.15) is 0 Å². The first-order valence-electron chi connectivity index (χ1n) is 11.1. The normalized spacial score (nSPS) is 23.1. The Bertz CT molecular complexity index is 881. The van der Waals surface area contributed by atoms with Crippen molar-refractivity contribution in [2.45, 2.75) is 31.8 Å². The summed E-state index contributed by atoms with van der Waals surface area (Å²) in [5.74, 6) is 1.25. The third-order valence-corrected chi connectivity index (χ3v) is 6.80. The van der Waals surface area contributed by atoms with E-state index in [1.807, 2.05) is 12.1 Å². The third kappa shape index (κ3) is 5.43. The van der Waals surface area contributed by atoms with Gasteiger partial charge in [0.2, 0.25) is 5.91 Å². The van der Waals surface area contributed by atoms with Crippen LogP contribution in [0, 0.1) is 17.7 Å². The average Bonchev–Trinajstić information content (AvgIpc) is 3.18. The minimum atomic E-state index is -0.295. The van der Waals surface area contributed by atoms with Gasteiger partial charge in [-0.15, -0.1) is 0 Å². The number of methoxy groups -OCH3 is 1. The highest BCUT2D eigenvalue weighted by atomic mass is 19.1. The van der Waals surface area contributed by atoms with E-state index in [1.165, 1.54) is 17.7 Å². The highest BCUT2D eigenvalue weighted by Gasteiger charge is 2.39. The molecule has 0 radical (unpaired) electrons. The van der Waals surface area contributed by atoms with E-state index < -0.39 is 0 Å². The number of piperidine rings is 1. The van der Waals surface area contributed by atoms with Gasteiger partial charge in [0.15, 0.2) is 0 Å². The van der Waals surface area contributed by atoms with E-state index in [9.17, 15) is 9.18 Å². The Morgan fingerprint density at radius 2 is 1.90 bits per heavy atom. The van der Waals surface area contributed by atoms with Crippen LogP contribution in [0.15, 0.2) is 48.5 Å². The average molecular weight is 426 g/mol. The van der Waals surface area contributed by atoms with Gasteiger partial charge in [-0.3, -0.25) is 9.69 Å². The minimum absolute atomic E-state index is 0.0186. The fourth-order valence-electron chi connectivity index (χ4n) is 5.07. The van der Waals surface area contributed by atoms with Crippen LogP contribution in [0.5, 0.6) is 5.75 Å². The van der Waals surface area contributed by atoms with Crippen LogP contribution < -0.4 is 10.1 Å². The zero-order chi connectivity index (χ0) is 21.8.